The van der Waals surface area contributed by atoms with Gasteiger partial charge < -0.3 is 14.9 Å². The zero-order chi connectivity index (χ0) is 17.2. The first kappa shape index (κ1) is 17.2. The van der Waals surface area contributed by atoms with Gasteiger partial charge in [0.2, 0.25) is 0 Å². The number of alkyl halides is 3. The van der Waals surface area contributed by atoms with Gasteiger partial charge in [-0.15, -0.1) is 0 Å². The maximum absolute atomic E-state index is 13.9. The minimum absolute atomic E-state index is 0.167. The van der Waals surface area contributed by atoms with Gasteiger partial charge in [-0.3, -0.25) is 0 Å². The largest absolute Gasteiger partial charge is 0.497 e. The standard InChI is InChI=1S/C15H13F4NO3/c1-23-8-2-4-11(16)10(6-8)12-5-3-9(13(22)7-21)14(20-12)15(17,18)19/h2-6,13,21-22H,7H2,1H3. The molecule has 1 aromatic carbocycles. The Morgan fingerprint density at radius 3 is 2.48 bits per heavy atom. The number of ether oxygens (including phenoxy) is 1. The SMILES string of the molecule is COc1ccc(F)c(-c2ccc(C(O)CO)c(C(F)(F)F)n2)c1. The lowest BCUT2D eigenvalue weighted by Crippen LogP contribution is -2.16. The van der Waals surface area contributed by atoms with E-state index in [0.717, 1.165) is 18.2 Å². The van der Waals surface area contributed by atoms with Gasteiger partial charge in [-0.2, -0.15) is 13.2 Å². The number of nitrogens with zero attached hydrogens (tertiary/aromatic N) is 1. The van der Waals surface area contributed by atoms with Gasteiger partial charge in [-0.1, -0.05) is 6.07 Å². The van der Waals surface area contributed by atoms with E-state index in [1.807, 2.05) is 0 Å². The summed E-state index contributed by atoms with van der Waals surface area (Å²) in [6, 6.07) is 5.71. The summed E-state index contributed by atoms with van der Waals surface area (Å²) in [5, 5.41) is 18.3. The van der Waals surface area contributed by atoms with Crippen molar-refractivity contribution in [2.75, 3.05) is 13.7 Å². The molecule has 8 heteroatoms. The molecule has 0 aliphatic heterocycles. The summed E-state index contributed by atoms with van der Waals surface area (Å²) < 4.78 is 58.1. The molecule has 0 aliphatic rings. The molecule has 0 fully saturated rings. The Bertz CT molecular complexity index is 704. The lowest BCUT2D eigenvalue weighted by atomic mass is 10.0. The smallest absolute Gasteiger partial charge is 0.433 e. The summed E-state index contributed by atoms with van der Waals surface area (Å²) in [6.07, 6.45) is -6.60. The van der Waals surface area contributed by atoms with Crippen molar-refractivity contribution in [2.45, 2.75) is 12.3 Å². The van der Waals surface area contributed by atoms with Gasteiger partial charge in [0.25, 0.3) is 0 Å². The Balaban J connectivity index is 2.62. The van der Waals surface area contributed by atoms with Crippen molar-refractivity contribution >= 4 is 0 Å². The first-order valence-electron chi connectivity index (χ1n) is 6.49. The number of methoxy groups -OCH3 is 1. The van der Waals surface area contributed by atoms with Crippen LogP contribution in [-0.4, -0.2) is 28.9 Å². The van der Waals surface area contributed by atoms with Crippen LogP contribution in [0.3, 0.4) is 0 Å². The van der Waals surface area contributed by atoms with E-state index in [-0.39, 0.29) is 17.0 Å². The van der Waals surface area contributed by atoms with Crippen LogP contribution in [0.1, 0.15) is 17.4 Å². The molecule has 1 heterocycles. The lowest BCUT2D eigenvalue weighted by molar-refractivity contribution is -0.143. The molecule has 0 radical (unpaired) electrons. The fourth-order valence-electron chi connectivity index (χ4n) is 2.04. The quantitative estimate of drug-likeness (QED) is 0.846. The molecule has 0 bridgehead atoms. The average Bonchev–Trinajstić information content (AvgIpc) is 2.53. The molecule has 2 rings (SSSR count). The Morgan fingerprint density at radius 2 is 1.91 bits per heavy atom. The van der Waals surface area contributed by atoms with Crippen LogP contribution in [-0.2, 0) is 6.18 Å². The molecule has 4 nitrogen and oxygen atoms in total. The summed E-state index contributed by atoms with van der Waals surface area (Å²) in [4.78, 5) is 3.43. The number of benzene rings is 1. The van der Waals surface area contributed by atoms with E-state index >= 15 is 0 Å². The number of halogens is 4. The third-order valence-electron chi connectivity index (χ3n) is 3.18. The van der Waals surface area contributed by atoms with Crippen LogP contribution in [0.2, 0.25) is 0 Å². The molecule has 0 spiro atoms. The van der Waals surface area contributed by atoms with Crippen molar-refractivity contribution in [3.8, 4) is 17.0 Å². The van der Waals surface area contributed by atoms with Crippen LogP contribution in [0.5, 0.6) is 5.75 Å². The fourth-order valence-corrected chi connectivity index (χ4v) is 2.04. The second kappa shape index (κ2) is 6.51. The first-order valence-corrected chi connectivity index (χ1v) is 6.49. The highest BCUT2D eigenvalue weighted by Gasteiger charge is 2.37. The van der Waals surface area contributed by atoms with Crippen molar-refractivity contribution < 1.29 is 32.5 Å². The van der Waals surface area contributed by atoms with E-state index in [0.29, 0.717) is 0 Å². The van der Waals surface area contributed by atoms with E-state index in [2.05, 4.69) is 4.98 Å². The molecule has 0 amide bonds. The molecule has 2 N–H and O–H groups in total. The normalized spacial score (nSPS) is 13.0. The molecule has 0 saturated carbocycles. The van der Waals surface area contributed by atoms with Gasteiger partial charge in [-0.05, 0) is 24.3 Å². The van der Waals surface area contributed by atoms with Crippen molar-refractivity contribution in [2.24, 2.45) is 0 Å². The van der Waals surface area contributed by atoms with Crippen molar-refractivity contribution in [3.05, 3.63) is 47.4 Å². The van der Waals surface area contributed by atoms with Crippen LogP contribution in [0.4, 0.5) is 17.6 Å². The molecule has 1 unspecified atom stereocenters. The monoisotopic (exact) mass is 331 g/mol. The maximum atomic E-state index is 13.9. The Labute approximate surface area is 129 Å². The summed E-state index contributed by atoms with van der Waals surface area (Å²) in [5.74, 6) is -0.502. The van der Waals surface area contributed by atoms with Gasteiger partial charge in [-0.25, -0.2) is 9.37 Å². The van der Waals surface area contributed by atoms with Gasteiger partial charge in [0.15, 0.2) is 5.69 Å². The van der Waals surface area contributed by atoms with Gasteiger partial charge >= 0.3 is 6.18 Å². The zero-order valence-electron chi connectivity index (χ0n) is 11.9. The number of pyridine rings is 1. The van der Waals surface area contributed by atoms with Gasteiger partial charge in [0.05, 0.1) is 19.4 Å². The van der Waals surface area contributed by atoms with E-state index < -0.39 is 36.0 Å². The Hall–Kier alpha value is -2.19. The highest BCUT2D eigenvalue weighted by Crippen LogP contribution is 2.35. The number of aromatic nitrogens is 1. The van der Waals surface area contributed by atoms with E-state index in [4.69, 9.17) is 9.84 Å². The van der Waals surface area contributed by atoms with Crippen LogP contribution in [0.25, 0.3) is 11.3 Å². The van der Waals surface area contributed by atoms with Crippen molar-refractivity contribution in [1.29, 1.82) is 0 Å². The van der Waals surface area contributed by atoms with Crippen molar-refractivity contribution in [1.82, 2.24) is 4.98 Å². The summed E-state index contributed by atoms with van der Waals surface area (Å²) >= 11 is 0. The van der Waals surface area contributed by atoms with Gasteiger partial charge in [0, 0.05) is 11.1 Å². The van der Waals surface area contributed by atoms with Crippen molar-refractivity contribution in [3.63, 3.8) is 0 Å². The third kappa shape index (κ3) is 3.59. The van der Waals surface area contributed by atoms with Crippen LogP contribution < -0.4 is 4.74 Å². The molecule has 0 aliphatic carbocycles. The Morgan fingerprint density at radius 1 is 1.22 bits per heavy atom. The average molecular weight is 331 g/mol. The third-order valence-corrected chi connectivity index (χ3v) is 3.18. The number of aliphatic hydroxyl groups is 2. The molecular formula is C15H13F4NO3. The second-order valence-corrected chi connectivity index (χ2v) is 4.68. The minimum Gasteiger partial charge on any atom is -0.497 e. The molecule has 124 valence electrons. The van der Waals surface area contributed by atoms with Crippen LogP contribution in [0, 0.1) is 5.82 Å². The highest BCUT2D eigenvalue weighted by molar-refractivity contribution is 5.63. The van der Waals surface area contributed by atoms with Crippen LogP contribution >= 0.6 is 0 Å². The molecule has 1 atom stereocenters. The molecule has 1 aromatic heterocycles. The van der Waals surface area contributed by atoms with E-state index in [1.165, 1.54) is 19.2 Å². The molecule has 23 heavy (non-hydrogen) atoms. The maximum Gasteiger partial charge on any atom is 0.433 e. The second-order valence-electron chi connectivity index (χ2n) is 4.68. The summed E-state index contributed by atoms with van der Waals surface area (Å²) in [5.41, 5.74) is -2.38. The predicted molar refractivity (Wildman–Crippen MR) is 73.2 cm³/mol. The number of hydrogen-bond acceptors (Lipinski definition) is 4. The molecular weight excluding hydrogens is 318 g/mol. The van der Waals surface area contributed by atoms with Gasteiger partial charge in [0.1, 0.15) is 17.7 Å². The lowest BCUT2D eigenvalue weighted by Gasteiger charge is -2.16. The fraction of sp³-hybridized carbons (Fsp3) is 0.267. The van der Waals surface area contributed by atoms with Crippen LogP contribution in [0.15, 0.2) is 30.3 Å². The minimum atomic E-state index is -4.86. The highest BCUT2D eigenvalue weighted by atomic mass is 19.4. The van der Waals surface area contributed by atoms with E-state index in [9.17, 15) is 22.7 Å². The summed E-state index contributed by atoms with van der Waals surface area (Å²) in [7, 11) is 1.34. The number of rotatable bonds is 4. The number of aliphatic hydroxyl groups excluding tert-OH is 2. The number of hydrogen-bond donors (Lipinski definition) is 2. The summed E-state index contributed by atoms with van der Waals surface area (Å²) in [6.45, 7) is -0.891. The Kier molecular flexibility index (Phi) is 4.86. The molecule has 0 saturated heterocycles. The predicted octanol–water partition coefficient (Wildman–Crippen LogP) is 2.94. The molecule has 2 aromatic rings. The first-order chi connectivity index (χ1) is 10.8. The topological polar surface area (TPSA) is 62.6 Å². The zero-order valence-corrected chi connectivity index (χ0v) is 11.9. The van der Waals surface area contributed by atoms with E-state index in [1.54, 1.807) is 0 Å².